The number of piperidine rings is 1. The van der Waals surface area contributed by atoms with Gasteiger partial charge in [-0.2, -0.15) is 0 Å². The number of aromatic nitrogens is 1. The highest BCUT2D eigenvalue weighted by Gasteiger charge is 2.21. The molecule has 154 valence electrons. The highest BCUT2D eigenvalue weighted by atomic mass is 127. The van der Waals surface area contributed by atoms with E-state index in [0.29, 0.717) is 12.1 Å². The lowest BCUT2D eigenvalue weighted by Gasteiger charge is -2.35. The molecule has 0 amide bonds. The minimum absolute atomic E-state index is 0. The first-order chi connectivity index (χ1) is 12.7. The van der Waals surface area contributed by atoms with Gasteiger partial charge in [0.2, 0.25) is 0 Å². The Balaban J connectivity index is 0.00000364. The Bertz CT molecular complexity index is 514. The zero-order valence-electron chi connectivity index (χ0n) is 17.1. The summed E-state index contributed by atoms with van der Waals surface area (Å²) < 4.78 is 0. The molecular weight excluding hydrogens is 451 g/mol. The van der Waals surface area contributed by atoms with Crippen LogP contribution in [0.5, 0.6) is 0 Å². The summed E-state index contributed by atoms with van der Waals surface area (Å²) in [6, 6.07) is 7.11. The second-order valence-electron chi connectivity index (χ2n) is 7.16. The summed E-state index contributed by atoms with van der Waals surface area (Å²) in [5, 5.41) is 10.3. The van der Waals surface area contributed by atoms with Crippen molar-refractivity contribution in [3.8, 4) is 0 Å². The van der Waals surface area contributed by atoms with Crippen molar-refractivity contribution in [3.63, 3.8) is 0 Å². The van der Waals surface area contributed by atoms with Gasteiger partial charge in [-0.3, -0.25) is 4.99 Å². The first-order valence-electron chi connectivity index (χ1n) is 10.1. The highest BCUT2D eigenvalue weighted by molar-refractivity contribution is 14.0. The molecule has 0 unspecified atom stereocenters. The summed E-state index contributed by atoms with van der Waals surface area (Å²) in [6.45, 7) is 11.7. The Morgan fingerprint density at radius 1 is 1.26 bits per heavy atom. The van der Waals surface area contributed by atoms with Crippen LogP contribution in [0.4, 0.5) is 5.82 Å². The minimum atomic E-state index is 0. The molecule has 6 nitrogen and oxygen atoms in total. The number of nitrogens with one attached hydrogen (secondary N) is 3. The number of halogens is 1. The SMILES string of the molecule is CCNC(=NCCCCNc1ccccn1)NC1CCN(C(C)C)CC1.I. The average molecular weight is 488 g/mol. The van der Waals surface area contributed by atoms with E-state index in [-0.39, 0.29) is 24.0 Å². The van der Waals surface area contributed by atoms with Crippen LogP contribution in [0.25, 0.3) is 0 Å². The van der Waals surface area contributed by atoms with E-state index in [4.69, 9.17) is 4.99 Å². The monoisotopic (exact) mass is 488 g/mol. The van der Waals surface area contributed by atoms with Crippen LogP contribution in [-0.2, 0) is 0 Å². The van der Waals surface area contributed by atoms with Crippen LogP contribution in [0.2, 0.25) is 0 Å². The Hall–Kier alpha value is -1.09. The molecule has 2 rings (SSSR count). The number of unbranched alkanes of at least 4 members (excludes halogenated alkanes) is 1. The van der Waals surface area contributed by atoms with E-state index in [0.717, 1.165) is 44.3 Å². The van der Waals surface area contributed by atoms with Crippen LogP contribution in [0.15, 0.2) is 29.4 Å². The molecule has 1 saturated heterocycles. The van der Waals surface area contributed by atoms with Crippen molar-refractivity contribution in [2.75, 3.05) is 38.0 Å². The Morgan fingerprint density at radius 2 is 2.04 bits per heavy atom. The van der Waals surface area contributed by atoms with Gasteiger partial charge in [-0.15, -0.1) is 24.0 Å². The maximum atomic E-state index is 4.74. The molecule has 3 N–H and O–H groups in total. The quantitative estimate of drug-likeness (QED) is 0.216. The first kappa shape index (κ1) is 23.9. The Morgan fingerprint density at radius 3 is 2.67 bits per heavy atom. The van der Waals surface area contributed by atoms with Gasteiger partial charge in [0.15, 0.2) is 5.96 Å². The number of anilines is 1. The van der Waals surface area contributed by atoms with Gasteiger partial charge in [0.1, 0.15) is 5.82 Å². The molecule has 0 radical (unpaired) electrons. The number of guanidine groups is 1. The van der Waals surface area contributed by atoms with Crippen LogP contribution < -0.4 is 16.0 Å². The first-order valence-corrected chi connectivity index (χ1v) is 10.1. The second-order valence-corrected chi connectivity index (χ2v) is 7.16. The molecule has 1 fully saturated rings. The molecule has 27 heavy (non-hydrogen) atoms. The van der Waals surface area contributed by atoms with E-state index in [1.807, 2.05) is 24.4 Å². The fourth-order valence-corrected chi connectivity index (χ4v) is 3.19. The average Bonchev–Trinajstić information content (AvgIpc) is 2.66. The molecule has 2 heterocycles. The van der Waals surface area contributed by atoms with Gasteiger partial charge >= 0.3 is 0 Å². The third-order valence-electron chi connectivity index (χ3n) is 4.77. The maximum absolute atomic E-state index is 4.74. The summed E-state index contributed by atoms with van der Waals surface area (Å²) in [6.07, 6.45) is 6.36. The van der Waals surface area contributed by atoms with E-state index >= 15 is 0 Å². The summed E-state index contributed by atoms with van der Waals surface area (Å²) in [5.74, 6) is 1.91. The number of pyridine rings is 1. The molecule has 1 aliphatic heterocycles. The molecule has 7 heteroatoms. The molecule has 1 aromatic rings. The number of nitrogens with zero attached hydrogens (tertiary/aromatic N) is 3. The fourth-order valence-electron chi connectivity index (χ4n) is 3.19. The Kier molecular flexibility index (Phi) is 12.4. The van der Waals surface area contributed by atoms with Crippen molar-refractivity contribution in [3.05, 3.63) is 24.4 Å². The zero-order valence-corrected chi connectivity index (χ0v) is 19.4. The van der Waals surface area contributed by atoms with Gasteiger partial charge in [0, 0.05) is 51.0 Å². The van der Waals surface area contributed by atoms with Crippen LogP contribution in [0.1, 0.15) is 46.5 Å². The third-order valence-corrected chi connectivity index (χ3v) is 4.77. The van der Waals surface area contributed by atoms with Crippen LogP contribution in [0.3, 0.4) is 0 Å². The van der Waals surface area contributed by atoms with Gasteiger partial charge < -0.3 is 20.9 Å². The minimum Gasteiger partial charge on any atom is -0.370 e. The fraction of sp³-hybridized carbons (Fsp3) is 0.700. The van der Waals surface area contributed by atoms with Gasteiger partial charge in [0.05, 0.1) is 0 Å². The lowest BCUT2D eigenvalue weighted by Crippen LogP contribution is -2.49. The van der Waals surface area contributed by atoms with Gasteiger partial charge in [-0.25, -0.2) is 4.98 Å². The molecule has 0 spiro atoms. The maximum Gasteiger partial charge on any atom is 0.191 e. The predicted octanol–water partition coefficient (Wildman–Crippen LogP) is 3.32. The van der Waals surface area contributed by atoms with E-state index < -0.39 is 0 Å². The van der Waals surface area contributed by atoms with Crippen molar-refractivity contribution in [1.29, 1.82) is 0 Å². The smallest absolute Gasteiger partial charge is 0.191 e. The zero-order chi connectivity index (χ0) is 18.6. The van der Waals surface area contributed by atoms with Gasteiger partial charge in [-0.05, 0) is 58.6 Å². The number of rotatable bonds is 9. The molecule has 1 aliphatic rings. The van der Waals surface area contributed by atoms with E-state index in [2.05, 4.69) is 46.6 Å². The number of hydrogen-bond acceptors (Lipinski definition) is 4. The largest absolute Gasteiger partial charge is 0.370 e. The van der Waals surface area contributed by atoms with Crippen molar-refractivity contribution in [2.24, 2.45) is 4.99 Å². The summed E-state index contributed by atoms with van der Waals surface area (Å²) in [4.78, 5) is 11.6. The third kappa shape index (κ3) is 9.60. The number of likely N-dealkylation sites (tertiary alicyclic amines) is 1. The lowest BCUT2D eigenvalue weighted by atomic mass is 10.0. The van der Waals surface area contributed by atoms with E-state index in [1.54, 1.807) is 0 Å². The summed E-state index contributed by atoms with van der Waals surface area (Å²) >= 11 is 0. The number of hydrogen-bond donors (Lipinski definition) is 3. The van der Waals surface area contributed by atoms with Crippen molar-refractivity contribution < 1.29 is 0 Å². The topological polar surface area (TPSA) is 64.6 Å². The molecule has 0 aliphatic carbocycles. The molecule has 0 atom stereocenters. The second kappa shape index (κ2) is 14.0. The van der Waals surface area contributed by atoms with Crippen LogP contribution >= 0.6 is 24.0 Å². The van der Waals surface area contributed by atoms with Crippen molar-refractivity contribution in [1.82, 2.24) is 20.5 Å². The molecule has 1 aromatic heterocycles. The van der Waals surface area contributed by atoms with Crippen molar-refractivity contribution in [2.45, 2.75) is 58.5 Å². The molecule has 0 saturated carbocycles. The molecular formula is C20H37IN6. The summed E-state index contributed by atoms with van der Waals surface area (Å²) in [5.41, 5.74) is 0. The standard InChI is InChI=1S/C20H36N6.HI/c1-4-21-20(25-18-10-15-26(16-11-18)17(2)3)24-14-8-7-13-23-19-9-5-6-12-22-19;/h5-6,9,12,17-18H,4,7-8,10-11,13-16H2,1-3H3,(H,22,23)(H2,21,24,25);1H. The molecule has 0 bridgehead atoms. The molecule has 0 aromatic carbocycles. The predicted molar refractivity (Wildman–Crippen MR) is 126 cm³/mol. The highest BCUT2D eigenvalue weighted by Crippen LogP contribution is 2.12. The van der Waals surface area contributed by atoms with Crippen LogP contribution in [0, 0.1) is 0 Å². The Labute approximate surface area is 182 Å². The summed E-state index contributed by atoms with van der Waals surface area (Å²) in [7, 11) is 0. The lowest BCUT2D eigenvalue weighted by molar-refractivity contribution is 0.167. The van der Waals surface area contributed by atoms with Gasteiger partial charge in [-0.1, -0.05) is 6.07 Å². The van der Waals surface area contributed by atoms with E-state index in [1.165, 1.54) is 25.9 Å². The van der Waals surface area contributed by atoms with Crippen LogP contribution in [-0.4, -0.2) is 60.7 Å². The van der Waals surface area contributed by atoms with Crippen molar-refractivity contribution >= 4 is 35.8 Å². The van der Waals surface area contributed by atoms with E-state index in [9.17, 15) is 0 Å². The van der Waals surface area contributed by atoms with Gasteiger partial charge in [0.25, 0.3) is 0 Å². The number of aliphatic imine (C=N–C) groups is 1. The normalized spacial score (nSPS) is 16.1.